The molecule has 0 atom stereocenters. The zero-order chi connectivity index (χ0) is 13.8. The van der Waals surface area contributed by atoms with Crippen LogP contribution in [0.3, 0.4) is 0 Å². The summed E-state index contributed by atoms with van der Waals surface area (Å²) in [6.45, 7) is 2.00. The average Bonchev–Trinajstić information content (AvgIpc) is 2.33. The second kappa shape index (κ2) is 5.76. The molecule has 0 bridgehead atoms. The van der Waals surface area contributed by atoms with E-state index in [1.807, 2.05) is 31.2 Å². The van der Waals surface area contributed by atoms with Crippen molar-refractivity contribution in [1.82, 2.24) is 0 Å². The highest BCUT2D eigenvalue weighted by Crippen LogP contribution is 2.24. The summed E-state index contributed by atoms with van der Waals surface area (Å²) in [6, 6.07) is 12.9. The first-order valence-electron chi connectivity index (χ1n) is 5.95. The quantitative estimate of drug-likeness (QED) is 0.843. The summed E-state index contributed by atoms with van der Waals surface area (Å²) in [5, 5.41) is 3.22. The minimum Gasteiger partial charge on any atom is -0.399 e. The van der Waals surface area contributed by atoms with Crippen molar-refractivity contribution in [3.63, 3.8) is 0 Å². The number of nitrogens with one attached hydrogen (secondary N) is 1. The minimum atomic E-state index is -0.0997. The number of nitrogen functional groups attached to an aromatic ring is 1. The molecular formula is C15H15ClN2O. The average molecular weight is 275 g/mol. The number of carbonyl (C=O) groups excluding carboxylic acids is 1. The Balaban J connectivity index is 2.05. The Morgan fingerprint density at radius 2 is 2.05 bits per heavy atom. The summed E-state index contributed by atoms with van der Waals surface area (Å²) in [4.78, 5) is 11.9. The second-order valence-corrected chi connectivity index (χ2v) is 4.86. The van der Waals surface area contributed by atoms with Crippen LogP contribution in [0.15, 0.2) is 42.5 Å². The molecule has 2 aromatic rings. The zero-order valence-electron chi connectivity index (χ0n) is 10.6. The number of anilines is 2. The third-order valence-electron chi connectivity index (χ3n) is 2.71. The monoisotopic (exact) mass is 274 g/mol. The van der Waals surface area contributed by atoms with Crippen molar-refractivity contribution < 1.29 is 4.79 Å². The van der Waals surface area contributed by atoms with E-state index in [0.29, 0.717) is 22.8 Å². The summed E-state index contributed by atoms with van der Waals surface area (Å²) in [6.07, 6.45) is 0.322. The molecule has 0 radical (unpaired) electrons. The predicted octanol–water partition coefficient (Wildman–Crippen LogP) is 3.41. The van der Waals surface area contributed by atoms with Gasteiger partial charge in [0.15, 0.2) is 0 Å². The molecule has 0 saturated carbocycles. The maximum absolute atomic E-state index is 11.9. The molecule has 0 aliphatic rings. The Bertz CT molecular complexity index is 611. The van der Waals surface area contributed by atoms with Crippen LogP contribution in [-0.2, 0) is 11.2 Å². The minimum absolute atomic E-state index is 0.0997. The lowest BCUT2D eigenvalue weighted by molar-refractivity contribution is -0.115. The number of nitrogens with two attached hydrogens (primary N) is 1. The fraction of sp³-hybridized carbons (Fsp3) is 0.133. The molecule has 0 heterocycles. The molecule has 0 spiro atoms. The van der Waals surface area contributed by atoms with Gasteiger partial charge >= 0.3 is 0 Å². The molecule has 2 rings (SSSR count). The van der Waals surface area contributed by atoms with E-state index in [2.05, 4.69) is 5.32 Å². The van der Waals surface area contributed by atoms with Gasteiger partial charge in [0.2, 0.25) is 5.91 Å². The van der Waals surface area contributed by atoms with Crippen molar-refractivity contribution >= 4 is 28.9 Å². The van der Waals surface area contributed by atoms with Crippen molar-refractivity contribution in [2.45, 2.75) is 13.3 Å². The van der Waals surface area contributed by atoms with Gasteiger partial charge in [0.25, 0.3) is 0 Å². The molecule has 1 amide bonds. The van der Waals surface area contributed by atoms with Crippen molar-refractivity contribution in [2.24, 2.45) is 0 Å². The van der Waals surface area contributed by atoms with Gasteiger partial charge in [0.05, 0.1) is 17.1 Å². The Morgan fingerprint density at radius 3 is 2.74 bits per heavy atom. The highest BCUT2D eigenvalue weighted by molar-refractivity contribution is 6.34. The van der Waals surface area contributed by atoms with Gasteiger partial charge in [-0.2, -0.15) is 0 Å². The van der Waals surface area contributed by atoms with Crippen molar-refractivity contribution in [2.75, 3.05) is 11.1 Å². The molecule has 0 aliphatic heterocycles. The maximum atomic E-state index is 11.9. The fourth-order valence-corrected chi connectivity index (χ4v) is 2.07. The van der Waals surface area contributed by atoms with Crippen molar-refractivity contribution in [1.29, 1.82) is 0 Å². The zero-order valence-corrected chi connectivity index (χ0v) is 11.4. The lowest BCUT2D eigenvalue weighted by atomic mass is 10.1. The predicted molar refractivity (Wildman–Crippen MR) is 79.4 cm³/mol. The van der Waals surface area contributed by atoms with E-state index >= 15 is 0 Å². The van der Waals surface area contributed by atoms with E-state index in [-0.39, 0.29) is 5.91 Å². The first-order chi connectivity index (χ1) is 9.04. The topological polar surface area (TPSA) is 55.1 Å². The Hall–Kier alpha value is -2.00. The Labute approximate surface area is 117 Å². The standard InChI is InChI=1S/C15H15ClN2O/c1-10-3-2-4-11(7-10)8-15(19)18-14-6-5-12(17)9-13(14)16/h2-7,9H,8,17H2,1H3,(H,18,19). The van der Waals surface area contributed by atoms with Crippen LogP contribution < -0.4 is 11.1 Å². The number of amides is 1. The molecule has 98 valence electrons. The van der Waals surface area contributed by atoms with Gasteiger partial charge in [-0.3, -0.25) is 4.79 Å². The molecule has 0 fully saturated rings. The lowest BCUT2D eigenvalue weighted by Gasteiger charge is -2.08. The van der Waals surface area contributed by atoms with Crippen LogP contribution in [0.4, 0.5) is 11.4 Å². The first-order valence-corrected chi connectivity index (χ1v) is 6.33. The van der Waals surface area contributed by atoms with Crippen LogP contribution in [0.25, 0.3) is 0 Å². The van der Waals surface area contributed by atoms with Crippen LogP contribution in [0, 0.1) is 6.92 Å². The van der Waals surface area contributed by atoms with E-state index in [0.717, 1.165) is 11.1 Å². The molecule has 0 aromatic heterocycles. The first kappa shape index (κ1) is 13.4. The van der Waals surface area contributed by atoms with E-state index in [4.69, 9.17) is 17.3 Å². The number of halogens is 1. The number of rotatable bonds is 3. The van der Waals surface area contributed by atoms with Crippen LogP contribution in [-0.4, -0.2) is 5.91 Å². The number of benzene rings is 2. The highest BCUT2D eigenvalue weighted by atomic mass is 35.5. The number of hydrogen-bond donors (Lipinski definition) is 2. The Morgan fingerprint density at radius 1 is 1.26 bits per heavy atom. The maximum Gasteiger partial charge on any atom is 0.228 e. The molecule has 3 N–H and O–H groups in total. The van der Waals surface area contributed by atoms with E-state index in [1.165, 1.54) is 0 Å². The SMILES string of the molecule is Cc1cccc(CC(=O)Nc2ccc(N)cc2Cl)c1. The van der Waals surface area contributed by atoms with E-state index in [1.54, 1.807) is 18.2 Å². The molecule has 4 heteroatoms. The molecular weight excluding hydrogens is 260 g/mol. The fourth-order valence-electron chi connectivity index (χ4n) is 1.83. The third kappa shape index (κ3) is 3.73. The summed E-state index contributed by atoms with van der Waals surface area (Å²) < 4.78 is 0. The van der Waals surface area contributed by atoms with Crippen LogP contribution in [0.1, 0.15) is 11.1 Å². The van der Waals surface area contributed by atoms with Gasteiger partial charge in [-0.05, 0) is 30.7 Å². The molecule has 3 nitrogen and oxygen atoms in total. The molecule has 0 saturated heterocycles. The summed E-state index contributed by atoms with van der Waals surface area (Å²) in [5.41, 5.74) is 8.86. The number of carbonyl (C=O) groups is 1. The van der Waals surface area contributed by atoms with Gasteiger partial charge < -0.3 is 11.1 Å². The third-order valence-corrected chi connectivity index (χ3v) is 3.03. The van der Waals surface area contributed by atoms with E-state index in [9.17, 15) is 4.79 Å². The van der Waals surface area contributed by atoms with Gasteiger partial charge in [-0.1, -0.05) is 41.4 Å². The summed E-state index contributed by atoms with van der Waals surface area (Å²) >= 11 is 6.01. The smallest absolute Gasteiger partial charge is 0.228 e. The van der Waals surface area contributed by atoms with Crippen LogP contribution >= 0.6 is 11.6 Å². The molecule has 2 aromatic carbocycles. The Kier molecular flexibility index (Phi) is 4.07. The summed E-state index contributed by atoms with van der Waals surface area (Å²) in [5.74, 6) is -0.0997. The number of hydrogen-bond acceptors (Lipinski definition) is 2. The second-order valence-electron chi connectivity index (χ2n) is 4.45. The van der Waals surface area contributed by atoms with Gasteiger partial charge in [0, 0.05) is 5.69 Å². The van der Waals surface area contributed by atoms with Gasteiger partial charge in [-0.25, -0.2) is 0 Å². The normalized spacial score (nSPS) is 10.2. The van der Waals surface area contributed by atoms with Gasteiger partial charge in [-0.15, -0.1) is 0 Å². The van der Waals surface area contributed by atoms with Crippen LogP contribution in [0.5, 0.6) is 0 Å². The molecule has 0 aliphatic carbocycles. The molecule has 19 heavy (non-hydrogen) atoms. The van der Waals surface area contributed by atoms with Gasteiger partial charge in [0.1, 0.15) is 0 Å². The summed E-state index contributed by atoms with van der Waals surface area (Å²) in [7, 11) is 0. The van der Waals surface area contributed by atoms with E-state index < -0.39 is 0 Å². The van der Waals surface area contributed by atoms with Crippen LogP contribution in [0.2, 0.25) is 5.02 Å². The molecule has 0 unspecified atom stereocenters. The lowest BCUT2D eigenvalue weighted by Crippen LogP contribution is -2.14. The van der Waals surface area contributed by atoms with Crippen molar-refractivity contribution in [3.05, 3.63) is 58.6 Å². The largest absolute Gasteiger partial charge is 0.399 e. The highest BCUT2D eigenvalue weighted by Gasteiger charge is 2.07. The van der Waals surface area contributed by atoms with Crippen molar-refractivity contribution in [3.8, 4) is 0 Å². The number of aryl methyl sites for hydroxylation is 1.